The van der Waals surface area contributed by atoms with E-state index in [9.17, 15) is 19.7 Å². The Morgan fingerprint density at radius 1 is 1.07 bits per heavy atom. The molecule has 0 saturated carbocycles. The first-order chi connectivity index (χ1) is 13.9. The van der Waals surface area contributed by atoms with Gasteiger partial charge in [-0.3, -0.25) is 19.7 Å². The second-order valence-electron chi connectivity index (χ2n) is 6.61. The Morgan fingerprint density at radius 2 is 1.72 bits per heavy atom. The van der Waals surface area contributed by atoms with Crippen LogP contribution in [0.5, 0.6) is 0 Å². The van der Waals surface area contributed by atoms with E-state index in [0.717, 1.165) is 10.4 Å². The van der Waals surface area contributed by atoms with Crippen molar-refractivity contribution in [2.75, 3.05) is 0 Å². The van der Waals surface area contributed by atoms with E-state index in [1.54, 1.807) is 17.5 Å². The van der Waals surface area contributed by atoms with Crippen molar-refractivity contribution in [1.82, 2.24) is 9.78 Å². The lowest BCUT2D eigenvalue weighted by Gasteiger charge is -2.09. The first-order valence-corrected chi connectivity index (χ1v) is 9.62. The first kappa shape index (κ1) is 18.7. The smallest absolute Gasteiger partial charge is 0.280 e. The molecule has 4 aromatic rings. The number of non-ortho nitro benzene ring substituents is 1. The van der Waals surface area contributed by atoms with Crippen LogP contribution in [-0.4, -0.2) is 20.5 Å². The highest BCUT2D eigenvalue weighted by Crippen LogP contribution is 2.26. The Hall–Kier alpha value is -3.65. The van der Waals surface area contributed by atoms with Gasteiger partial charge in [0, 0.05) is 33.3 Å². The zero-order valence-electron chi connectivity index (χ0n) is 15.6. The third kappa shape index (κ3) is 3.23. The second-order valence-corrected chi connectivity index (χ2v) is 7.70. The van der Waals surface area contributed by atoms with Crippen molar-refractivity contribution in [3.8, 4) is 5.69 Å². The number of nitrogens with zero attached hydrogens (tertiary/aromatic N) is 3. The van der Waals surface area contributed by atoms with Gasteiger partial charge in [-0.15, -0.1) is 11.3 Å². The molecule has 0 N–H and O–H groups in total. The van der Waals surface area contributed by atoms with Crippen molar-refractivity contribution >= 4 is 33.6 Å². The molecule has 0 aliphatic carbocycles. The molecule has 29 heavy (non-hydrogen) atoms. The van der Waals surface area contributed by atoms with E-state index in [0.29, 0.717) is 16.5 Å². The van der Waals surface area contributed by atoms with Gasteiger partial charge in [-0.05, 0) is 38.1 Å². The fourth-order valence-corrected chi connectivity index (χ4v) is 3.94. The standard InChI is InChI=1S/C21H15N3O4S/c1-12-3-7-15(8-4-12)23-21(26)18-13(2)29-11-17(18)19(22-23)20(25)14-5-9-16(10-6-14)24(27)28/h3-11H,1-2H3. The van der Waals surface area contributed by atoms with Gasteiger partial charge in [0.15, 0.2) is 0 Å². The number of nitro groups is 1. The molecule has 0 spiro atoms. The number of hydrogen-bond donors (Lipinski definition) is 0. The third-order valence-corrected chi connectivity index (χ3v) is 5.58. The summed E-state index contributed by atoms with van der Waals surface area (Å²) < 4.78 is 1.24. The van der Waals surface area contributed by atoms with Gasteiger partial charge in [0.1, 0.15) is 5.69 Å². The summed E-state index contributed by atoms with van der Waals surface area (Å²) in [5, 5.41) is 17.9. The molecular formula is C21H15N3O4S. The molecule has 7 nitrogen and oxygen atoms in total. The van der Waals surface area contributed by atoms with Gasteiger partial charge in [-0.2, -0.15) is 9.78 Å². The average Bonchev–Trinajstić information content (AvgIpc) is 3.11. The van der Waals surface area contributed by atoms with Gasteiger partial charge in [0.25, 0.3) is 11.2 Å². The number of carbonyl (C=O) groups excluding carboxylic acids is 1. The van der Waals surface area contributed by atoms with Crippen LogP contribution in [0, 0.1) is 24.0 Å². The van der Waals surface area contributed by atoms with Crippen LogP contribution in [0.4, 0.5) is 5.69 Å². The van der Waals surface area contributed by atoms with Crippen molar-refractivity contribution in [2.45, 2.75) is 13.8 Å². The quantitative estimate of drug-likeness (QED) is 0.288. The Morgan fingerprint density at radius 3 is 2.34 bits per heavy atom. The monoisotopic (exact) mass is 405 g/mol. The molecule has 0 amide bonds. The lowest BCUT2D eigenvalue weighted by atomic mass is 10.0. The van der Waals surface area contributed by atoms with E-state index < -0.39 is 10.7 Å². The summed E-state index contributed by atoms with van der Waals surface area (Å²) in [5.74, 6) is -0.399. The molecular weight excluding hydrogens is 390 g/mol. The lowest BCUT2D eigenvalue weighted by molar-refractivity contribution is -0.384. The maximum Gasteiger partial charge on any atom is 0.280 e. The topological polar surface area (TPSA) is 95.1 Å². The van der Waals surface area contributed by atoms with Crippen LogP contribution in [0.3, 0.4) is 0 Å². The molecule has 2 aromatic heterocycles. The summed E-state index contributed by atoms with van der Waals surface area (Å²) in [6, 6.07) is 12.6. The van der Waals surface area contributed by atoms with Gasteiger partial charge in [-0.25, -0.2) is 0 Å². The molecule has 0 unspecified atom stereocenters. The molecule has 0 fully saturated rings. The van der Waals surface area contributed by atoms with Crippen LogP contribution in [0.25, 0.3) is 16.5 Å². The van der Waals surface area contributed by atoms with E-state index in [-0.39, 0.29) is 22.5 Å². The minimum absolute atomic E-state index is 0.101. The van der Waals surface area contributed by atoms with Crippen LogP contribution in [0.15, 0.2) is 58.7 Å². The number of thiophene rings is 1. The largest absolute Gasteiger partial charge is 0.287 e. The van der Waals surface area contributed by atoms with Gasteiger partial charge >= 0.3 is 0 Å². The summed E-state index contributed by atoms with van der Waals surface area (Å²) in [6.45, 7) is 3.77. The van der Waals surface area contributed by atoms with E-state index in [2.05, 4.69) is 5.10 Å². The van der Waals surface area contributed by atoms with E-state index >= 15 is 0 Å². The molecule has 4 rings (SSSR count). The van der Waals surface area contributed by atoms with Crippen molar-refractivity contribution in [2.24, 2.45) is 0 Å². The van der Waals surface area contributed by atoms with E-state index in [1.165, 1.54) is 40.3 Å². The highest BCUT2D eigenvalue weighted by Gasteiger charge is 2.21. The highest BCUT2D eigenvalue weighted by atomic mass is 32.1. The van der Waals surface area contributed by atoms with Crippen LogP contribution >= 0.6 is 11.3 Å². The predicted octanol–water partition coefficient (Wildman–Crippen LogP) is 4.20. The average molecular weight is 405 g/mol. The minimum Gasteiger partial charge on any atom is -0.287 e. The Kier molecular flexibility index (Phi) is 4.56. The molecule has 144 valence electrons. The number of hydrogen-bond acceptors (Lipinski definition) is 6. The number of rotatable bonds is 4. The molecule has 8 heteroatoms. The Labute approximate surface area is 169 Å². The van der Waals surface area contributed by atoms with Gasteiger partial charge < -0.3 is 0 Å². The molecule has 0 saturated heterocycles. The lowest BCUT2D eigenvalue weighted by Crippen LogP contribution is -2.24. The summed E-state index contributed by atoms with van der Waals surface area (Å²) in [5.41, 5.74) is 1.61. The summed E-state index contributed by atoms with van der Waals surface area (Å²) in [4.78, 5) is 37.3. The number of fused-ring (bicyclic) bond motifs is 1. The predicted molar refractivity (Wildman–Crippen MR) is 111 cm³/mol. The number of benzene rings is 2. The van der Waals surface area contributed by atoms with Crippen LogP contribution < -0.4 is 5.56 Å². The summed E-state index contributed by atoms with van der Waals surface area (Å²) >= 11 is 1.38. The molecule has 0 bridgehead atoms. The SMILES string of the molecule is Cc1ccc(-n2nc(C(=O)c3ccc([N+](=O)[O-])cc3)c3csc(C)c3c2=O)cc1. The zero-order valence-corrected chi connectivity index (χ0v) is 16.4. The summed E-state index contributed by atoms with van der Waals surface area (Å²) in [7, 11) is 0. The molecule has 0 aliphatic heterocycles. The first-order valence-electron chi connectivity index (χ1n) is 8.74. The highest BCUT2D eigenvalue weighted by molar-refractivity contribution is 7.11. The molecule has 2 heterocycles. The summed E-state index contributed by atoms with van der Waals surface area (Å²) in [6.07, 6.45) is 0. The van der Waals surface area contributed by atoms with Crippen molar-refractivity contribution in [3.05, 3.63) is 96.1 Å². The Bertz CT molecular complexity index is 1320. The maximum atomic E-state index is 13.2. The fraction of sp³-hybridized carbons (Fsp3) is 0.0952. The van der Waals surface area contributed by atoms with Crippen LogP contribution in [-0.2, 0) is 0 Å². The van der Waals surface area contributed by atoms with Crippen molar-refractivity contribution in [3.63, 3.8) is 0 Å². The van der Waals surface area contributed by atoms with Gasteiger partial charge in [0.05, 0.1) is 16.0 Å². The van der Waals surface area contributed by atoms with E-state index in [1.807, 2.05) is 26.0 Å². The number of nitro benzene ring substituents is 1. The third-order valence-electron chi connectivity index (χ3n) is 4.67. The number of aryl methyl sites for hydroxylation is 2. The van der Waals surface area contributed by atoms with Crippen LogP contribution in [0.2, 0.25) is 0 Å². The van der Waals surface area contributed by atoms with Gasteiger partial charge in [-0.1, -0.05) is 17.7 Å². The molecule has 0 atom stereocenters. The van der Waals surface area contributed by atoms with Crippen LogP contribution in [0.1, 0.15) is 26.5 Å². The zero-order chi connectivity index (χ0) is 20.7. The normalized spacial score (nSPS) is 11.0. The Balaban J connectivity index is 1.93. The number of aromatic nitrogens is 2. The fourth-order valence-electron chi connectivity index (χ4n) is 3.10. The molecule has 2 aromatic carbocycles. The second kappa shape index (κ2) is 7.06. The van der Waals surface area contributed by atoms with Gasteiger partial charge in [0.2, 0.25) is 5.78 Å². The number of carbonyl (C=O) groups is 1. The van der Waals surface area contributed by atoms with E-state index in [4.69, 9.17) is 0 Å². The van der Waals surface area contributed by atoms with Crippen molar-refractivity contribution < 1.29 is 9.72 Å². The molecule has 0 aliphatic rings. The minimum atomic E-state index is -0.523. The van der Waals surface area contributed by atoms with Crippen molar-refractivity contribution in [1.29, 1.82) is 0 Å². The number of ketones is 1. The maximum absolute atomic E-state index is 13.2. The molecule has 0 radical (unpaired) electrons.